The van der Waals surface area contributed by atoms with Gasteiger partial charge in [0.25, 0.3) is 5.91 Å². The smallest absolute Gasteiger partial charge is 0.266 e. The third kappa shape index (κ3) is 4.54. The number of aliphatic hydroxyl groups is 1. The van der Waals surface area contributed by atoms with Crippen molar-refractivity contribution < 1.29 is 14.7 Å². The Balaban J connectivity index is 1.59. The van der Waals surface area contributed by atoms with Crippen LogP contribution in [0.4, 0.5) is 0 Å². The molecule has 2 saturated heterocycles. The molecule has 0 saturated carbocycles. The van der Waals surface area contributed by atoms with Crippen LogP contribution in [0.1, 0.15) is 37.0 Å². The van der Waals surface area contributed by atoms with E-state index in [0.717, 1.165) is 30.7 Å². The predicted molar refractivity (Wildman–Crippen MR) is 110 cm³/mol. The van der Waals surface area contributed by atoms with Crippen LogP contribution < -0.4 is 0 Å². The fourth-order valence-electron chi connectivity index (χ4n) is 3.32. The summed E-state index contributed by atoms with van der Waals surface area (Å²) in [5, 5.41) is 11.2. The van der Waals surface area contributed by atoms with Gasteiger partial charge in [0, 0.05) is 37.0 Å². The maximum atomic E-state index is 12.6. The highest BCUT2D eigenvalue weighted by Gasteiger charge is 2.33. The zero-order valence-electron chi connectivity index (χ0n) is 14.4. The Kier molecular flexibility index (Phi) is 6.86. The molecule has 2 aliphatic heterocycles. The highest BCUT2D eigenvalue weighted by molar-refractivity contribution is 8.26. The van der Waals surface area contributed by atoms with E-state index >= 15 is 0 Å². The Morgan fingerprint density at radius 2 is 2.27 bits per heavy atom. The van der Waals surface area contributed by atoms with Crippen molar-refractivity contribution in [1.29, 1.82) is 0 Å². The van der Waals surface area contributed by atoms with Gasteiger partial charge in [-0.1, -0.05) is 30.0 Å². The van der Waals surface area contributed by atoms with E-state index in [1.165, 1.54) is 16.7 Å². The molecule has 0 spiro atoms. The number of amides is 2. The summed E-state index contributed by atoms with van der Waals surface area (Å²) in [7, 11) is 0. The fraction of sp³-hybridized carbons (Fsp3) is 0.500. The lowest BCUT2D eigenvalue weighted by atomic mass is 9.99. The molecule has 0 unspecified atom stereocenters. The summed E-state index contributed by atoms with van der Waals surface area (Å²) >= 11 is 8.20. The van der Waals surface area contributed by atoms with E-state index in [-0.39, 0.29) is 30.9 Å². The van der Waals surface area contributed by atoms with Crippen molar-refractivity contribution in [3.63, 3.8) is 0 Å². The van der Waals surface area contributed by atoms with Crippen LogP contribution in [0.2, 0.25) is 0 Å². The average molecular weight is 411 g/mol. The molecule has 0 radical (unpaired) electrons. The Labute approximate surface area is 167 Å². The normalized spacial score (nSPS) is 22.5. The standard InChI is InChI=1S/C18H22N2O3S3/c21-10-7-13-4-1-2-8-19(13)16(22)6-9-20-17(23)15(26-18(20)24)12-14-5-3-11-25-14/h3,5,11-13,21H,1-2,4,6-10H2/b15-12-/t13-/m0/s1. The van der Waals surface area contributed by atoms with Crippen LogP contribution in [-0.4, -0.2) is 56.8 Å². The lowest BCUT2D eigenvalue weighted by Gasteiger charge is -2.36. The van der Waals surface area contributed by atoms with Crippen LogP contribution >= 0.6 is 35.3 Å². The fourth-order valence-corrected chi connectivity index (χ4v) is 5.36. The molecule has 1 aromatic heterocycles. The van der Waals surface area contributed by atoms with Gasteiger partial charge in [-0.2, -0.15) is 0 Å². The van der Waals surface area contributed by atoms with Gasteiger partial charge in [-0.05, 0) is 43.2 Å². The summed E-state index contributed by atoms with van der Waals surface area (Å²) in [6, 6.07) is 4.02. The molecule has 26 heavy (non-hydrogen) atoms. The second-order valence-electron chi connectivity index (χ2n) is 6.35. The number of likely N-dealkylation sites (tertiary alicyclic amines) is 1. The average Bonchev–Trinajstić information content (AvgIpc) is 3.23. The van der Waals surface area contributed by atoms with Gasteiger partial charge < -0.3 is 10.0 Å². The number of hydrogen-bond acceptors (Lipinski definition) is 6. The molecule has 0 bridgehead atoms. The van der Waals surface area contributed by atoms with Crippen LogP contribution in [-0.2, 0) is 9.59 Å². The molecule has 2 fully saturated rings. The molecular weight excluding hydrogens is 388 g/mol. The topological polar surface area (TPSA) is 60.9 Å². The number of thiocarbonyl (C=S) groups is 1. The Morgan fingerprint density at radius 3 is 3.00 bits per heavy atom. The van der Waals surface area contributed by atoms with Gasteiger partial charge in [0.05, 0.1) is 4.91 Å². The summed E-state index contributed by atoms with van der Waals surface area (Å²) in [4.78, 5) is 30.3. The largest absolute Gasteiger partial charge is 0.396 e. The molecule has 1 aromatic rings. The third-order valence-corrected chi connectivity index (χ3v) is 6.85. The van der Waals surface area contributed by atoms with Gasteiger partial charge in [0.2, 0.25) is 5.91 Å². The first-order valence-corrected chi connectivity index (χ1v) is 10.9. The number of carbonyl (C=O) groups is 2. The van der Waals surface area contributed by atoms with Crippen LogP contribution in [0.3, 0.4) is 0 Å². The molecule has 0 aliphatic carbocycles. The number of rotatable bonds is 6. The summed E-state index contributed by atoms with van der Waals surface area (Å²) in [6.07, 6.45) is 5.77. The number of carbonyl (C=O) groups excluding carboxylic acids is 2. The molecule has 1 N–H and O–H groups in total. The molecule has 2 aliphatic rings. The van der Waals surface area contributed by atoms with Crippen molar-refractivity contribution in [2.24, 2.45) is 0 Å². The summed E-state index contributed by atoms with van der Waals surface area (Å²) < 4.78 is 0.510. The summed E-state index contributed by atoms with van der Waals surface area (Å²) in [5.41, 5.74) is 0. The van der Waals surface area contributed by atoms with Gasteiger partial charge in [-0.25, -0.2) is 0 Å². The molecule has 5 nitrogen and oxygen atoms in total. The first-order chi connectivity index (χ1) is 12.6. The van der Waals surface area contributed by atoms with Crippen LogP contribution in [0, 0.1) is 0 Å². The monoisotopic (exact) mass is 410 g/mol. The number of thioether (sulfide) groups is 1. The highest BCUT2D eigenvalue weighted by Crippen LogP contribution is 2.33. The van der Waals surface area contributed by atoms with Gasteiger partial charge in [0.15, 0.2) is 0 Å². The van der Waals surface area contributed by atoms with Crippen LogP contribution in [0.25, 0.3) is 6.08 Å². The number of hydrogen-bond donors (Lipinski definition) is 1. The SMILES string of the molecule is O=C1/C(=C/c2cccs2)SC(=S)N1CCC(=O)N1CCCC[C@H]1CCO. The van der Waals surface area contributed by atoms with Gasteiger partial charge >= 0.3 is 0 Å². The minimum Gasteiger partial charge on any atom is -0.396 e. The maximum Gasteiger partial charge on any atom is 0.266 e. The summed E-state index contributed by atoms with van der Waals surface area (Å²) in [6.45, 7) is 1.14. The van der Waals surface area contributed by atoms with Gasteiger partial charge in [-0.3, -0.25) is 14.5 Å². The van der Waals surface area contributed by atoms with E-state index in [1.54, 1.807) is 11.3 Å². The second kappa shape index (κ2) is 9.12. The van der Waals surface area contributed by atoms with Crippen molar-refractivity contribution >= 4 is 57.5 Å². The molecular formula is C18H22N2O3S3. The van der Waals surface area contributed by atoms with Crippen LogP contribution in [0.15, 0.2) is 22.4 Å². The molecule has 1 atom stereocenters. The number of aliphatic hydroxyl groups excluding tert-OH is 1. The van der Waals surface area contributed by atoms with E-state index in [4.69, 9.17) is 12.2 Å². The molecule has 0 aromatic carbocycles. The van der Waals surface area contributed by atoms with E-state index in [2.05, 4.69) is 0 Å². The first kappa shape index (κ1) is 19.5. The Bertz CT molecular complexity index is 701. The molecule has 3 heterocycles. The second-order valence-corrected chi connectivity index (χ2v) is 9.00. The Morgan fingerprint density at radius 1 is 1.42 bits per heavy atom. The van der Waals surface area contributed by atoms with Gasteiger partial charge in [0.1, 0.15) is 4.32 Å². The first-order valence-electron chi connectivity index (χ1n) is 8.79. The molecule has 3 rings (SSSR count). The molecule has 140 valence electrons. The lowest BCUT2D eigenvalue weighted by Crippen LogP contribution is -2.45. The minimum absolute atomic E-state index is 0.0411. The van der Waals surface area contributed by atoms with E-state index in [0.29, 0.717) is 22.2 Å². The third-order valence-electron chi connectivity index (χ3n) is 4.65. The lowest BCUT2D eigenvalue weighted by molar-refractivity contribution is -0.135. The van der Waals surface area contributed by atoms with Crippen molar-refractivity contribution in [3.8, 4) is 0 Å². The molecule has 2 amide bonds. The van der Waals surface area contributed by atoms with Crippen molar-refractivity contribution in [2.45, 2.75) is 38.1 Å². The zero-order valence-corrected chi connectivity index (χ0v) is 16.9. The van der Waals surface area contributed by atoms with Crippen molar-refractivity contribution in [2.75, 3.05) is 19.7 Å². The number of thiophene rings is 1. The van der Waals surface area contributed by atoms with E-state index < -0.39 is 0 Å². The predicted octanol–water partition coefficient (Wildman–Crippen LogP) is 3.10. The number of nitrogens with zero attached hydrogens (tertiary/aromatic N) is 2. The van der Waals surface area contributed by atoms with Crippen molar-refractivity contribution in [1.82, 2.24) is 9.80 Å². The zero-order chi connectivity index (χ0) is 18.5. The maximum absolute atomic E-state index is 12.6. The van der Waals surface area contributed by atoms with E-state index in [1.807, 2.05) is 28.5 Å². The van der Waals surface area contributed by atoms with Gasteiger partial charge in [-0.15, -0.1) is 11.3 Å². The van der Waals surface area contributed by atoms with Crippen molar-refractivity contribution in [3.05, 3.63) is 27.3 Å². The highest BCUT2D eigenvalue weighted by atomic mass is 32.2. The minimum atomic E-state index is -0.119. The number of piperidine rings is 1. The van der Waals surface area contributed by atoms with E-state index in [9.17, 15) is 14.7 Å². The summed E-state index contributed by atoms with van der Waals surface area (Å²) in [5.74, 6) is -0.0776. The molecule has 8 heteroatoms. The Hall–Kier alpha value is -1.22. The van der Waals surface area contributed by atoms with Crippen LogP contribution in [0.5, 0.6) is 0 Å². The quantitative estimate of drug-likeness (QED) is 0.577.